The van der Waals surface area contributed by atoms with Crippen molar-refractivity contribution in [2.75, 3.05) is 0 Å². The van der Waals surface area contributed by atoms with Crippen LogP contribution in [0.5, 0.6) is 0 Å². The van der Waals surface area contributed by atoms with Crippen molar-refractivity contribution in [2.45, 2.75) is 72.0 Å². The van der Waals surface area contributed by atoms with Crippen LogP contribution in [0.15, 0.2) is 24.3 Å². The highest BCUT2D eigenvalue weighted by Crippen LogP contribution is 2.63. The van der Waals surface area contributed by atoms with Gasteiger partial charge in [0, 0.05) is 10.8 Å². The van der Waals surface area contributed by atoms with Crippen LogP contribution in [-0.2, 0) is 0 Å². The van der Waals surface area contributed by atoms with Gasteiger partial charge in [0.1, 0.15) is 0 Å². The lowest BCUT2D eigenvalue weighted by Crippen LogP contribution is -2.58. The van der Waals surface area contributed by atoms with Crippen LogP contribution in [0.3, 0.4) is 0 Å². The summed E-state index contributed by atoms with van der Waals surface area (Å²) in [5.74, 6) is 0.807. The zero-order chi connectivity index (χ0) is 16.3. The average molecular weight is 304 g/mol. The molecule has 0 aromatic rings. The predicted molar refractivity (Wildman–Crippen MR) is 90.4 cm³/mol. The molecule has 6 atom stereocenters. The van der Waals surface area contributed by atoms with Gasteiger partial charge in [0.25, 0.3) is 0 Å². The molecule has 3 aliphatic carbocycles. The average Bonchev–Trinajstić information content (AvgIpc) is 2.46. The highest BCUT2D eigenvalue weighted by molar-refractivity contribution is 5.27. The first kappa shape index (κ1) is 16.3. The minimum Gasteiger partial charge on any atom is -0.393 e. The third-order valence-corrected chi connectivity index (χ3v) is 7.56. The van der Waals surface area contributed by atoms with Crippen molar-refractivity contribution < 1.29 is 10.2 Å². The highest BCUT2D eigenvalue weighted by atomic mass is 16.3. The Morgan fingerprint density at radius 2 is 1.86 bits per heavy atom. The Hall–Kier alpha value is -0.600. The van der Waals surface area contributed by atoms with Crippen molar-refractivity contribution in [1.29, 1.82) is 0 Å². The van der Waals surface area contributed by atoms with E-state index in [0.717, 1.165) is 32.1 Å². The Labute approximate surface area is 135 Å². The smallest absolute Gasteiger partial charge is 0.0637 e. The van der Waals surface area contributed by atoms with Crippen molar-refractivity contribution in [2.24, 2.45) is 28.1 Å². The second kappa shape index (κ2) is 4.95. The molecule has 2 unspecified atom stereocenters. The summed E-state index contributed by atoms with van der Waals surface area (Å²) in [6.07, 6.45) is 8.42. The molecule has 3 aliphatic rings. The summed E-state index contributed by atoms with van der Waals surface area (Å²) < 4.78 is 0. The van der Waals surface area contributed by atoms with E-state index in [9.17, 15) is 10.2 Å². The minimum atomic E-state index is -0.361. The van der Waals surface area contributed by atoms with Crippen LogP contribution in [0.4, 0.5) is 0 Å². The standard InChI is InChI=1S/C20H32O2/c1-6-19(4)12-13-7-8-15-18(2,3)10-9-16(21)20(15,5)14(13)11-17(19)22/h6-7,14-17,21-22H,1,8-12H2,2-5H3/t14-,15-,16?,17?,19-,20+/m0/s1. The Morgan fingerprint density at radius 1 is 1.18 bits per heavy atom. The van der Waals surface area contributed by atoms with Gasteiger partial charge in [-0.15, -0.1) is 6.58 Å². The van der Waals surface area contributed by atoms with Gasteiger partial charge in [0.15, 0.2) is 0 Å². The summed E-state index contributed by atoms with van der Waals surface area (Å²) in [6.45, 7) is 13.0. The molecule has 0 saturated heterocycles. The summed E-state index contributed by atoms with van der Waals surface area (Å²) in [5, 5.41) is 21.6. The molecule has 0 amide bonds. The quantitative estimate of drug-likeness (QED) is 0.717. The largest absolute Gasteiger partial charge is 0.393 e. The first-order valence-electron chi connectivity index (χ1n) is 8.84. The molecule has 0 bridgehead atoms. The molecule has 2 saturated carbocycles. The summed E-state index contributed by atoms with van der Waals surface area (Å²) in [5.41, 5.74) is 1.39. The maximum atomic E-state index is 10.9. The topological polar surface area (TPSA) is 40.5 Å². The van der Waals surface area contributed by atoms with E-state index in [2.05, 4.69) is 40.3 Å². The minimum absolute atomic E-state index is 0.102. The monoisotopic (exact) mass is 304 g/mol. The second-order valence-electron chi connectivity index (χ2n) is 9.17. The fourth-order valence-corrected chi connectivity index (χ4v) is 5.79. The van der Waals surface area contributed by atoms with Gasteiger partial charge in [-0.1, -0.05) is 45.4 Å². The lowest BCUT2D eigenvalue weighted by molar-refractivity contribution is -0.145. The van der Waals surface area contributed by atoms with Crippen LogP contribution in [0.2, 0.25) is 0 Å². The molecular formula is C20H32O2. The van der Waals surface area contributed by atoms with Gasteiger partial charge < -0.3 is 10.2 Å². The fourth-order valence-electron chi connectivity index (χ4n) is 5.79. The molecule has 2 N–H and O–H groups in total. The van der Waals surface area contributed by atoms with E-state index in [1.54, 1.807) is 0 Å². The Kier molecular flexibility index (Phi) is 3.66. The van der Waals surface area contributed by atoms with Crippen LogP contribution in [0.25, 0.3) is 0 Å². The lowest BCUT2D eigenvalue weighted by atomic mass is 9.44. The van der Waals surface area contributed by atoms with Gasteiger partial charge in [0.2, 0.25) is 0 Å². The van der Waals surface area contributed by atoms with E-state index in [1.165, 1.54) is 5.57 Å². The Bertz CT molecular complexity index is 506. The molecule has 22 heavy (non-hydrogen) atoms. The van der Waals surface area contributed by atoms with Crippen molar-refractivity contribution >= 4 is 0 Å². The van der Waals surface area contributed by atoms with Crippen LogP contribution < -0.4 is 0 Å². The van der Waals surface area contributed by atoms with Crippen LogP contribution in [0, 0.1) is 28.1 Å². The molecule has 0 radical (unpaired) electrons. The van der Waals surface area contributed by atoms with Gasteiger partial charge in [-0.3, -0.25) is 0 Å². The van der Waals surface area contributed by atoms with Crippen molar-refractivity contribution in [1.82, 2.24) is 0 Å². The third kappa shape index (κ3) is 2.06. The van der Waals surface area contributed by atoms with Gasteiger partial charge >= 0.3 is 0 Å². The SMILES string of the molecule is C=C[C@@]1(C)CC2=CC[C@H]3C(C)(C)CCC(O)[C@]3(C)[C@H]2CC1O. The van der Waals surface area contributed by atoms with Crippen molar-refractivity contribution in [3.05, 3.63) is 24.3 Å². The zero-order valence-electron chi connectivity index (χ0n) is 14.6. The summed E-state index contributed by atoms with van der Waals surface area (Å²) in [4.78, 5) is 0. The Morgan fingerprint density at radius 3 is 2.50 bits per heavy atom. The molecule has 0 spiro atoms. The summed E-state index contributed by atoms with van der Waals surface area (Å²) in [6, 6.07) is 0. The molecule has 0 aliphatic heterocycles. The van der Waals surface area contributed by atoms with Crippen LogP contribution >= 0.6 is 0 Å². The molecule has 0 aromatic heterocycles. The fraction of sp³-hybridized carbons (Fsp3) is 0.800. The molecule has 3 rings (SSSR count). The van der Waals surface area contributed by atoms with Gasteiger partial charge in [-0.25, -0.2) is 0 Å². The number of hydrogen-bond donors (Lipinski definition) is 2. The second-order valence-corrected chi connectivity index (χ2v) is 9.17. The van der Waals surface area contributed by atoms with Crippen molar-refractivity contribution in [3.63, 3.8) is 0 Å². The number of aliphatic hydroxyl groups is 2. The van der Waals surface area contributed by atoms with Gasteiger partial charge in [-0.05, 0) is 49.4 Å². The van der Waals surface area contributed by atoms with E-state index in [0.29, 0.717) is 11.8 Å². The van der Waals surface area contributed by atoms with E-state index >= 15 is 0 Å². The van der Waals surface area contributed by atoms with Crippen LogP contribution in [0.1, 0.15) is 59.8 Å². The molecule has 2 heteroatoms. The van der Waals surface area contributed by atoms with Crippen LogP contribution in [-0.4, -0.2) is 22.4 Å². The third-order valence-electron chi connectivity index (χ3n) is 7.56. The van der Waals surface area contributed by atoms with Gasteiger partial charge in [0.05, 0.1) is 12.2 Å². The molecule has 2 fully saturated rings. The van der Waals surface area contributed by atoms with E-state index in [1.807, 2.05) is 6.08 Å². The van der Waals surface area contributed by atoms with Crippen molar-refractivity contribution in [3.8, 4) is 0 Å². The maximum Gasteiger partial charge on any atom is 0.0637 e. The molecular weight excluding hydrogens is 272 g/mol. The molecule has 2 nitrogen and oxygen atoms in total. The molecule has 0 aromatic carbocycles. The number of aliphatic hydroxyl groups excluding tert-OH is 2. The first-order valence-corrected chi connectivity index (χ1v) is 8.84. The van der Waals surface area contributed by atoms with E-state index in [4.69, 9.17) is 0 Å². The van der Waals surface area contributed by atoms with E-state index < -0.39 is 0 Å². The first-order chi connectivity index (χ1) is 10.1. The lowest BCUT2D eigenvalue weighted by Gasteiger charge is -2.61. The van der Waals surface area contributed by atoms with E-state index in [-0.39, 0.29) is 28.5 Å². The molecule has 124 valence electrons. The summed E-state index contributed by atoms with van der Waals surface area (Å²) >= 11 is 0. The maximum absolute atomic E-state index is 10.9. The Balaban J connectivity index is 2.02. The predicted octanol–water partition coefficient (Wildman–Crippen LogP) is 4.08. The summed E-state index contributed by atoms with van der Waals surface area (Å²) in [7, 11) is 0. The molecule has 0 heterocycles. The highest BCUT2D eigenvalue weighted by Gasteiger charge is 2.59. The number of rotatable bonds is 1. The zero-order valence-corrected chi connectivity index (χ0v) is 14.6. The normalized spacial score (nSPS) is 50.5. The van der Waals surface area contributed by atoms with Gasteiger partial charge in [-0.2, -0.15) is 0 Å². The number of fused-ring (bicyclic) bond motifs is 3. The number of allylic oxidation sites excluding steroid dienone is 2. The number of hydrogen-bond acceptors (Lipinski definition) is 2.